The van der Waals surface area contributed by atoms with E-state index in [9.17, 15) is 4.39 Å². The second-order valence-corrected chi connectivity index (χ2v) is 2.11. The summed E-state index contributed by atoms with van der Waals surface area (Å²) < 4.78 is 12.4. The average Bonchev–Trinajstić information content (AvgIpc) is 1.67. The van der Waals surface area contributed by atoms with E-state index in [0.29, 0.717) is 0 Å². The minimum Gasteiger partial charge on any atom is -0.206 e. The lowest BCUT2D eigenvalue weighted by Gasteiger charge is -1.85. The topological polar surface area (TPSA) is 0 Å². The monoisotopic (exact) mass is 176 g/mol. The van der Waals surface area contributed by atoms with E-state index in [-0.39, 0.29) is 10.3 Å². The summed E-state index contributed by atoms with van der Waals surface area (Å²) in [6.07, 6.45) is 2.60. The fourth-order valence-corrected chi connectivity index (χ4v) is 0.326. The number of rotatable bonds is 2. The summed E-state index contributed by atoms with van der Waals surface area (Å²) in [6.45, 7) is 6.60. The van der Waals surface area contributed by atoms with Crippen molar-refractivity contribution in [3.63, 3.8) is 0 Å². The molecule has 0 atom stereocenters. The van der Waals surface area contributed by atoms with Crippen molar-refractivity contribution in [2.24, 2.45) is 0 Å². The Morgan fingerprint density at radius 1 is 1.62 bits per heavy atom. The zero-order valence-electron chi connectivity index (χ0n) is 4.32. The Kier molecular flexibility index (Phi) is 3.44. The summed E-state index contributed by atoms with van der Waals surface area (Å²) in [7, 11) is 0. The first-order valence-corrected chi connectivity index (χ1v) is 2.80. The predicted molar refractivity (Wildman–Crippen MR) is 37.5 cm³/mol. The third-order valence-electron chi connectivity index (χ3n) is 0.523. The van der Waals surface area contributed by atoms with Crippen molar-refractivity contribution in [1.82, 2.24) is 0 Å². The zero-order chi connectivity index (χ0) is 6.57. The standard InChI is InChI=1S/C6H6BrF/c1-3-4-6(8)5(2)7/h3-4H,1-2H2/b6-4+. The smallest absolute Gasteiger partial charge is 0.136 e. The van der Waals surface area contributed by atoms with Gasteiger partial charge in [-0.25, -0.2) is 4.39 Å². The van der Waals surface area contributed by atoms with E-state index in [1.807, 2.05) is 0 Å². The molecule has 0 radical (unpaired) electrons. The summed E-state index contributed by atoms with van der Waals surface area (Å²) in [5.74, 6) is -0.389. The average molecular weight is 177 g/mol. The largest absolute Gasteiger partial charge is 0.206 e. The molecular weight excluding hydrogens is 171 g/mol. The minimum absolute atomic E-state index is 0.248. The molecule has 0 N–H and O–H groups in total. The summed E-state index contributed by atoms with van der Waals surface area (Å²) in [4.78, 5) is 0. The van der Waals surface area contributed by atoms with Crippen LogP contribution in [0, 0.1) is 0 Å². The van der Waals surface area contributed by atoms with Crippen LogP contribution in [-0.2, 0) is 0 Å². The van der Waals surface area contributed by atoms with Gasteiger partial charge in [0.2, 0.25) is 0 Å². The maximum Gasteiger partial charge on any atom is 0.136 e. The van der Waals surface area contributed by atoms with Gasteiger partial charge in [-0.2, -0.15) is 0 Å². The molecule has 0 spiro atoms. The second-order valence-electron chi connectivity index (χ2n) is 1.16. The van der Waals surface area contributed by atoms with Gasteiger partial charge in [-0.3, -0.25) is 0 Å². The van der Waals surface area contributed by atoms with E-state index >= 15 is 0 Å². The molecule has 0 bridgehead atoms. The van der Waals surface area contributed by atoms with E-state index in [0.717, 1.165) is 0 Å². The molecule has 0 aliphatic carbocycles. The van der Waals surface area contributed by atoms with Crippen LogP contribution in [0.5, 0.6) is 0 Å². The Balaban J connectivity index is 3.99. The molecule has 0 saturated heterocycles. The Morgan fingerprint density at radius 2 is 2.12 bits per heavy atom. The number of halogens is 2. The van der Waals surface area contributed by atoms with E-state index in [2.05, 4.69) is 29.1 Å². The Bertz CT molecular complexity index is 135. The third-order valence-corrected chi connectivity index (χ3v) is 0.902. The number of hydrogen-bond acceptors (Lipinski definition) is 0. The summed E-state index contributed by atoms with van der Waals surface area (Å²) >= 11 is 2.86. The number of allylic oxidation sites excluding steroid dienone is 4. The highest BCUT2D eigenvalue weighted by Gasteiger charge is 1.90. The van der Waals surface area contributed by atoms with Crippen molar-refractivity contribution >= 4 is 15.9 Å². The normalized spacial score (nSPS) is 11.0. The van der Waals surface area contributed by atoms with E-state index in [1.165, 1.54) is 12.2 Å². The molecule has 0 rings (SSSR count). The van der Waals surface area contributed by atoms with E-state index in [1.54, 1.807) is 0 Å². The van der Waals surface area contributed by atoms with Gasteiger partial charge < -0.3 is 0 Å². The van der Waals surface area contributed by atoms with Gasteiger partial charge in [-0.1, -0.05) is 19.2 Å². The van der Waals surface area contributed by atoms with Crippen LogP contribution in [0.1, 0.15) is 0 Å². The first-order valence-electron chi connectivity index (χ1n) is 2.01. The van der Waals surface area contributed by atoms with Gasteiger partial charge in [-0.15, -0.1) is 0 Å². The Labute approximate surface area is 56.5 Å². The van der Waals surface area contributed by atoms with Crippen LogP contribution < -0.4 is 0 Å². The molecule has 2 heteroatoms. The first kappa shape index (κ1) is 7.63. The highest BCUT2D eigenvalue weighted by atomic mass is 79.9. The molecule has 0 unspecified atom stereocenters. The van der Waals surface area contributed by atoms with Crippen molar-refractivity contribution in [3.05, 3.63) is 35.6 Å². The zero-order valence-corrected chi connectivity index (χ0v) is 5.91. The van der Waals surface area contributed by atoms with Gasteiger partial charge in [0.25, 0.3) is 0 Å². The first-order chi connectivity index (χ1) is 3.68. The maximum absolute atomic E-state index is 12.2. The van der Waals surface area contributed by atoms with Crippen LogP contribution in [0.2, 0.25) is 0 Å². The van der Waals surface area contributed by atoms with Crippen LogP contribution in [-0.4, -0.2) is 0 Å². The summed E-state index contributed by atoms with van der Waals surface area (Å²) in [5, 5.41) is 0. The molecule has 0 nitrogen and oxygen atoms in total. The molecule has 0 heterocycles. The van der Waals surface area contributed by atoms with Crippen LogP contribution in [0.15, 0.2) is 35.6 Å². The molecule has 44 valence electrons. The molecule has 0 aromatic rings. The molecule has 0 amide bonds. The van der Waals surface area contributed by atoms with E-state index in [4.69, 9.17) is 0 Å². The van der Waals surface area contributed by atoms with Gasteiger partial charge in [0, 0.05) is 4.48 Å². The lowest BCUT2D eigenvalue weighted by molar-refractivity contribution is 0.665. The quantitative estimate of drug-likeness (QED) is 0.568. The summed E-state index contributed by atoms with van der Waals surface area (Å²) in [5.41, 5.74) is 0. The van der Waals surface area contributed by atoms with E-state index < -0.39 is 0 Å². The van der Waals surface area contributed by atoms with Gasteiger partial charge in [-0.05, 0) is 22.0 Å². The van der Waals surface area contributed by atoms with Crippen LogP contribution >= 0.6 is 15.9 Å². The molecule has 0 fully saturated rings. The third kappa shape index (κ3) is 2.75. The maximum atomic E-state index is 12.2. The second kappa shape index (κ2) is 3.61. The molecule has 0 aromatic heterocycles. The van der Waals surface area contributed by atoms with Crippen molar-refractivity contribution in [2.45, 2.75) is 0 Å². The van der Waals surface area contributed by atoms with Crippen molar-refractivity contribution in [1.29, 1.82) is 0 Å². The summed E-state index contributed by atoms with van der Waals surface area (Å²) in [6, 6.07) is 0. The van der Waals surface area contributed by atoms with Gasteiger partial charge in [0.1, 0.15) is 5.83 Å². The lowest BCUT2D eigenvalue weighted by atomic mass is 10.4. The Hall–Kier alpha value is -0.370. The van der Waals surface area contributed by atoms with Crippen LogP contribution in [0.3, 0.4) is 0 Å². The fourth-order valence-electron chi connectivity index (χ4n) is 0.194. The van der Waals surface area contributed by atoms with Gasteiger partial charge in [0.15, 0.2) is 0 Å². The molecule has 8 heavy (non-hydrogen) atoms. The highest BCUT2D eigenvalue weighted by molar-refractivity contribution is 9.11. The van der Waals surface area contributed by atoms with Gasteiger partial charge in [0.05, 0.1) is 0 Å². The SMILES string of the molecule is C=C/C=C(/F)C(=C)Br. The van der Waals surface area contributed by atoms with Crippen molar-refractivity contribution in [2.75, 3.05) is 0 Å². The predicted octanol–water partition coefficient (Wildman–Crippen LogP) is 2.93. The molecule has 0 aromatic carbocycles. The number of hydrogen-bond donors (Lipinski definition) is 0. The highest BCUT2D eigenvalue weighted by Crippen LogP contribution is 2.14. The fraction of sp³-hybridized carbons (Fsp3) is 0. The lowest BCUT2D eigenvalue weighted by Crippen LogP contribution is -1.65. The Morgan fingerprint density at radius 3 is 2.25 bits per heavy atom. The van der Waals surface area contributed by atoms with Crippen molar-refractivity contribution < 1.29 is 4.39 Å². The molecule has 0 aliphatic heterocycles. The minimum atomic E-state index is -0.389. The van der Waals surface area contributed by atoms with Gasteiger partial charge >= 0.3 is 0 Å². The van der Waals surface area contributed by atoms with Crippen molar-refractivity contribution in [3.8, 4) is 0 Å². The van der Waals surface area contributed by atoms with Crippen LogP contribution in [0.4, 0.5) is 4.39 Å². The van der Waals surface area contributed by atoms with Crippen LogP contribution in [0.25, 0.3) is 0 Å². The molecule has 0 saturated carbocycles. The molecular formula is C6H6BrF. The molecule has 0 aliphatic rings.